The molecule has 1 aliphatic carbocycles. The van der Waals surface area contributed by atoms with Gasteiger partial charge in [0, 0.05) is 28.3 Å². The van der Waals surface area contributed by atoms with Crippen molar-refractivity contribution in [1.82, 2.24) is 5.32 Å². The van der Waals surface area contributed by atoms with Gasteiger partial charge >= 0.3 is 0 Å². The number of hydrogen-bond acceptors (Lipinski definition) is 2. The van der Waals surface area contributed by atoms with Gasteiger partial charge < -0.3 is 10.6 Å². The lowest BCUT2D eigenvalue weighted by atomic mass is 10.2. The SMILES string of the molecule is Cc1ccc(NC(=O)CCNC2CC2)cc1I. The summed E-state index contributed by atoms with van der Waals surface area (Å²) in [6, 6.07) is 6.65. The Bertz CT molecular complexity index is 416. The van der Waals surface area contributed by atoms with E-state index in [1.807, 2.05) is 18.2 Å². The van der Waals surface area contributed by atoms with E-state index in [-0.39, 0.29) is 5.91 Å². The number of halogens is 1. The first-order valence-electron chi connectivity index (χ1n) is 5.94. The van der Waals surface area contributed by atoms with Gasteiger partial charge in [0.15, 0.2) is 0 Å². The number of aryl methyl sites for hydroxylation is 1. The molecule has 0 aliphatic heterocycles. The van der Waals surface area contributed by atoms with Crippen LogP contribution in [0.15, 0.2) is 18.2 Å². The number of nitrogens with one attached hydrogen (secondary N) is 2. The van der Waals surface area contributed by atoms with Crippen molar-refractivity contribution in [3.05, 3.63) is 27.3 Å². The molecule has 1 aromatic rings. The summed E-state index contributed by atoms with van der Waals surface area (Å²) in [6.45, 7) is 2.84. The van der Waals surface area contributed by atoms with Crippen LogP contribution in [-0.2, 0) is 4.79 Å². The molecule has 1 aliphatic rings. The fourth-order valence-corrected chi connectivity index (χ4v) is 2.09. The molecule has 3 nitrogen and oxygen atoms in total. The van der Waals surface area contributed by atoms with E-state index in [0.29, 0.717) is 12.5 Å². The van der Waals surface area contributed by atoms with Crippen molar-refractivity contribution in [2.75, 3.05) is 11.9 Å². The quantitative estimate of drug-likeness (QED) is 0.807. The van der Waals surface area contributed by atoms with Gasteiger partial charge in [-0.25, -0.2) is 0 Å². The molecular weight excluding hydrogens is 327 g/mol. The summed E-state index contributed by atoms with van der Waals surface area (Å²) >= 11 is 2.28. The van der Waals surface area contributed by atoms with E-state index in [1.165, 1.54) is 22.0 Å². The maximum atomic E-state index is 11.7. The molecule has 1 aromatic carbocycles. The minimum atomic E-state index is 0.0813. The van der Waals surface area contributed by atoms with Crippen LogP contribution in [0.2, 0.25) is 0 Å². The summed E-state index contributed by atoms with van der Waals surface area (Å²) < 4.78 is 1.18. The highest BCUT2D eigenvalue weighted by molar-refractivity contribution is 14.1. The maximum Gasteiger partial charge on any atom is 0.225 e. The Morgan fingerprint density at radius 3 is 2.88 bits per heavy atom. The first kappa shape index (κ1) is 12.8. The first-order chi connectivity index (χ1) is 8.15. The van der Waals surface area contributed by atoms with Gasteiger partial charge in [-0.2, -0.15) is 0 Å². The third kappa shape index (κ3) is 4.27. The lowest BCUT2D eigenvalue weighted by Gasteiger charge is -2.07. The zero-order valence-corrected chi connectivity index (χ0v) is 12.1. The zero-order chi connectivity index (χ0) is 12.3. The predicted octanol–water partition coefficient (Wildman–Crippen LogP) is 2.68. The number of anilines is 1. The Labute approximate surface area is 116 Å². The Balaban J connectivity index is 1.77. The van der Waals surface area contributed by atoms with E-state index < -0.39 is 0 Å². The standard InChI is InChI=1S/C13H17IN2O/c1-9-2-3-11(8-12(9)14)16-13(17)6-7-15-10-4-5-10/h2-3,8,10,15H,4-7H2,1H3,(H,16,17). The van der Waals surface area contributed by atoms with Crippen molar-refractivity contribution in [3.63, 3.8) is 0 Å². The molecule has 92 valence electrons. The number of hydrogen-bond donors (Lipinski definition) is 2. The zero-order valence-electron chi connectivity index (χ0n) is 9.92. The molecule has 4 heteroatoms. The third-order valence-corrected chi connectivity index (χ3v) is 3.98. The summed E-state index contributed by atoms with van der Waals surface area (Å²) in [7, 11) is 0. The Kier molecular flexibility index (Phi) is 4.39. The molecule has 0 radical (unpaired) electrons. The van der Waals surface area contributed by atoms with Gasteiger partial charge in [-0.15, -0.1) is 0 Å². The summed E-state index contributed by atoms with van der Waals surface area (Å²) in [6.07, 6.45) is 3.07. The molecule has 17 heavy (non-hydrogen) atoms. The number of rotatable bonds is 5. The molecule has 0 spiro atoms. The van der Waals surface area contributed by atoms with Gasteiger partial charge in [0.05, 0.1) is 0 Å². The monoisotopic (exact) mass is 344 g/mol. The number of benzene rings is 1. The topological polar surface area (TPSA) is 41.1 Å². The average molecular weight is 344 g/mol. The van der Waals surface area contributed by atoms with Crippen LogP contribution in [0.4, 0.5) is 5.69 Å². The highest BCUT2D eigenvalue weighted by Crippen LogP contribution is 2.19. The molecule has 0 saturated heterocycles. The molecule has 0 bridgehead atoms. The van der Waals surface area contributed by atoms with E-state index >= 15 is 0 Å². The fraction of sp³-hybridized carbons (Fsp3) is 0.462. The van der Waals surface area contributed by atoms with E-state index in [1.54, 1.807) is 0 Å². The molecule has 0 heterocycles. The average Bonchev–Trinajstić information content (AvgIpc) is 3.07. The molecule has 1 amide bonds. The normalized spacial score (nSPS) is 14.7. The Morgan fingerprint density at radius 1 is 1.47 bits per heavy atom. The summed E-state index contributed by atoms with van der Waals surface area (Å²) in [4.78, 5) is 11.7. The molecule has 2 rings (SSSR count). The van der Waals surface area contributed by atoms with Crippen molar-refractivity contribution in [2.45, 2.75) is 32.2 Å². The van der Waals surface area contributed by atoms with Gasteiger partial charge in [0.25, 0.3) is 0 Å². The van der Waals surface area contributed by atoms with Gasteiger partial charge in [0.1, 0.15) is 0 Å². The second-order valence-electron chi connectivity index (χ2n) is 4.49. The molecule has 0 unspecified atom stereocenters. The van der Waals surface area contributed by atoms with Gasteiger partial charge in [-0.3, -0.25) is 4.79 Å². The molecule has 1 fully saturated rings. The van der Waals surface area contributed by atoms with Crippen molar-refractivity contribution in [3.8, 4) is 0 Å². The van der Waals surface area contributed by atoms with Gasteiger partial charge in [0.2, 0.25) is 5.91 Å². The number of carbonyl (C=O) groups is 1. The second-order valence-corrected chi connectivity index (χ2v) is 5.65. The first-order valence-corrected chi connectivity index (χ1v) is 7.02. The van der Waals surface area contributed by atoms with Crippen molar-refractivity contribution >= 4 is 34.2 Å². The Hall–Kier alpha value is -0.620. The van der Waals surface area contributed by atoms with Crippen LogP contribution in [0, 0.1) is 10.5 Å². The minimum absolute atomic E-state index is 0.0813. The number of carbonyl (C=O) groups excluding carboxylic acids is 1. The van der Waals surface area contributed by atoms with Crippen LogP contribution in [0.3, 0.4) is 0 Å². The highest BCUT2D eigenvalue weighted by Gasteiger charge is 2.20. The van der Waals surface area contributed by atoms with Gasteiger partial charge in [-0.1, -0.05) is 6.07 Å². The molecule has 0 aromatic heterocycles. The summed E-state index contributed by atoms with van der Waals surface area (Å²) in [5.74, 6) is 0.0813. The smallest absolute Gasteiger partial charge is 0.225 e. The predicted molar refractivity (Wildman–Crippen MR) is 78.2 cm³/mol. The highest BCUT2D eigenvalue weighted by atomic mass is 127. The third-order valence-electron chi connectivity index (χ3n) is 2.82. The number of amides is 1. The summed E-state index contributed by atoms with van der Waals surface area (Å²) in [5, 5.41) is 6.25. The van der Waals surface area contributed by atoms with E-state index in [4.69, 9.17) is 0 Å². The second kappa shape index (κ2) is 5.82. The van der Waals surface area contributed by atoms with Crippen molar-refractivity contribution < 1.29 is 4.79 Å². The van der Waals surface area contributed by atoms with Crippen LogP contribution in [0.5, 0.6) is 0 Å². The van der Waals surface area contributed by atoms with Crippen LogP contribution in [0.25, 0.3) is 0 Å². The van der Waals surface area contributed by atoms with Crippen molar-refractivity contribution in [1.29, 1.82) is 0 Å². The largest absolute Gasteiger partial charge is 0.326 e. The van der Waals surface area contributed by atoms with Crippen molar-refractivity contribution in [2.24, 2.45) is 0 Å². The molecule has 1 saturated carbocycles. The minimum Gasteiger partial charge on any atom is -0.326 e. The van der Waals surface area contributed by atoms with Crippen LogP contribution < -0.4 is 10.6 Å². The lowest BCUT2D eigenvalue weighted by Crippen LogP contribution is -2.23. The molecule has 0 atom stereocenters. The maximum absolute atomic E-state index is 11.7. The fourth-order valence-electron chi connectivity index (χ4n) is 1.57. The van der Waals surface area contributed by atoms with E-state index in [0.717, 1.165) is 12.2 Å². The molecule has 2 N–H and O–H groups in total. The van der Waals surface area contributed by atoms with E-state index in [9.17, 15) is 4.79 Å². The van der Waals surface area contributed by atoms with Crippen LogP contribution >= 0.6 is 22.6 Å². The molecular formula is C13H17IN2O. The van der Waals surface area contributed by atoms with Crippen LogP contribution in [0.1, 0.15) is 24.8 Å². The van der Waals surface area contributed by atoms with Gasteiger partial charge in [-0.05, 0) is 60.1 Å². The summed E-state index contributed by atoms with van der Waals surface area (Å²) in [5.41, 5.74) is 2.12. The Morgan fingerprint density at radius 2 is 2.24 bits per heavy atom. The van der Waals surface area contributed by atoms with Crippen LogP contribution in [-0.4, -0.2) is 18.5 Å². The van der Waals surface area contributed by atoms with E-state index in [2.05, 4.69) is 40.1 Å². The lowest BCUT2D eigenvalue weighted by molar-refractivity contribution is -0.116.